The summed E-state index contributed by atoms with van der Waals surface area (Å²) in [4.78, 5) is 12.7. The molecule has 5 nitrogen and oxygen atoms in total. The lowest BCUT2D eigenvalue weighted by Crippen LogP contribution is -2.58. The molecule has 0 aromatic heterocycles. The molecule has 0 heterocycles. The Morgan fingerprint density at radius 1 is 1.35 bits per heavy atom. The fourth-order valence-electron chi connectivity index (χ4n) is 2.64. The number of rotatable bonds is 5. The number of nitriles is 1. The van der Waals surface area contributed by atoms with Crippen molar-refractivity contribution >= 4 is 6.41 Å². The van der Waals surface area contributed by atoms with E-state index in [1.165, 1.54) is 0 Å². The maximum absolute atomic E-state index is 10.7. The molecule has 0 aliphatic heterocycles. The molecule has 1 aliphatic carbocycles. The van der Waals surface area contributed by atoms with Gasteiger partial charge in [-0.1, -0.05) is 0 Å². The molecule has 1 aliphatic rings. The van der Waals surface area contributed by atoms with Crippen LogP contribution >= 0.6 is 0 Å². The summed E-state index contributed by atoms with van der Waals surface area (Å²) in [6.45, 7) is 0.751. The number of nitrogens with zero attached hydrogens (tertiary/aromatic N) is 2. The Bertz CT molecular complexity index is 300. The molecule has 1 rings (SSSR count). The normalized spacial score (nSPS) is 33.1. The average Bonchev–Trinajstić information content (AvgIpc) is 2.31. The largest absolute Gasteiger partial charge is 0.352 e. The molecular weight excluding hydrogens is 216 g/mol. The molecule has 0 spiro atoms. The minimum Gasteiger partial charge on any atom is -0.352 e. The molecule has 1 fully saturated rings. The van der Waals surface area contributed by atoms with Gasteiger partial charge < -0.3 is 10.6 Å². The lowest BCUT2D eigenvalue weighted by molar-refractivity contribution is -0.111. The molecule has 2 N–H and O–H groups in total. The van der Waals surface area contributed by atoms with Crippen molar-refractivity contribution < 1.29 is 4.79 Å². The quantitative estimate of drug-likeness (QED) is 0.666. The first-order valence-electron chi connectivity index (χ1n) is 5.99. The topological polar surface area (TPSA) is 68.2 Å². The van der Waals surface area contributed by atoms with Gasteiger partial charge in [0, 0.05) is 6.54 Å². The van der Waals surface area contributed by atoms with E-state index in [0.29, 0.717) is 0 Å². The highest BCUT2D eigenvalue weighted by Gasteiger charge is 2.43. The highest BCUT2D eigenvalue weighted by Crippen LogP contribution is 2.36. The first kappa shape index (κ1) is 13.9. The summed E-state index contributed by atoms with van der Waals surface area (Å²) in [6, 6.07) is 2.43. The molecule has 1 amide bonds. The Morgan fingerprint density at radius 3 is 2.29 bits per heavy atom. The molecule has 5 heteroatoms. The van der Waals surface area contributed by atoms with Crippen molar-refractivity contribution in [3.8, 4) is 6.07 Å². The second-order valence-electron chi connectivity index (χ2n) is 5.11. The molecule has 0 aromatic carbocycles. The predicted molar refractivity (Wildman–Crippen MR) is 66.4 cm³/mol. The fraction of sp³-hybridized carbons (Fsp3) is 0.833. The number of hydrogen-bond donors (Lipinski definition) is 2. The van der Waals surface area contributed by atoms with Crippen LogP contribution in [0.15, 0.2) is 0 Å². The van der Waals surface area contributed by atoms with E-state index in [2.05, 4.69) is 16.7 Å². The van der Waals surface area contributed by atoms with E-state index in [1.54, 1.807) is 0 Å². The second kappa shape index (κ2) is 5.48. The summed E-state index contributed by atoms with van der Waals surface area (Å²) in [7, 11) is 5.77. The SMILES string of the molecule is CNCC1(NC=O)CCC(C#N)(N(C)C)CC1. The zero-order valence-electron chi connectivity index (χ0n) is 10.9. The third-order valence-corrected chi connectivity index (χ3v) is 3.98. The standard InChI is InChI=1S/C12H22N4O/c1-14-9-11(15-10-17)4-6-12(8-13,7-5-11)16(2)3/h10,14H,4-7,9H2,1-3H3,(H,15,17). The van der Waals surface area contributed by atoms with Crippen LogP contribution in [0.4, 0.5) is 0 Å². The molecule has 1 saturated carbocycles. The van der Waals surface area contributed by atoms with E-state index in [4.69, 9.17) is 0 Å². The summed E-state index contributed by atoms with van der Waals surface area (Å²) in [5, 5.41) is 15.4. The van der Waals surface area contributed by atoms with Crippen molar-refractivity contribution in [2.24, 2.45) is 0 Å². The number of hydrogen-bond acceptors (Lipinski definition) is 4. The minimum absolute atomic E-state index is 0.188. The van der Waals surface area contributed by atoms with Gasteiger partial charge in [-0.3, -0.25) is 9.69 Å². The van der Waals surface area contributed by atoms with Gasteiger partial charge in [-0.25, -0.2) is 0 Å². The minimum atomic E-state index is -0.373. The van der Waals surface area contributed by atoms with E-state index in [0.717, 1.165) is 38.6 Å². The first-order chi connectivity index (χ1) is 8.04. The number of carbonyl (C=O) groups is 1. The monoisotopic (exact) mass is 238 g/mol. The highest BCUT2D eigenvalue weighted by atomic mass is 16.1. The Morgan fingerprint density at radius 2 is 1.94 bits per heavy atom. The van der Waals surface area contributed by atoms with E-state index in [-0.39, 0.29) is 11.1 Å². The third-order valence-electron chi connectivity index (χ3n) is 3.98. The molecule has 0 unspecified atom stereocenters. The van der Waals surface area contributed by atoms with Gasteiger partial charge in [0.15, 0.2) is 0 Å². The maximum Gasteiger partial charge on any atom is 0.207 e. The molecule has 96 valence electrons. The Hall–Kier alpha value is -1.12. The number of likely N-dealkylation sites (N-methyl/N-ethyl adjacent to an activating group) is 1. The summed E-state index contributed by atoms with van der Waals surface area (Å²) in [6.07, 6.45) is 4.01. The zero-order valence-corrected chi connectivity index (χ0v) is 10.9. The molecule has 0 atom stereocenters. The van der Waals surface area contributed by atoms with Gasteiger partial charge in [0.1, 0.15) is 5.54 Å². The average molecular weight is 238 g/mol. The molecule has 0 radical (unpaired) electrons. The third kappa shape index (κ3) is 2.76. The molecule has 0 saturated heterocycles. The second-order valence-corrected chi connectivity index (χ2v) is 5.11. The summed E-state index contributed by atoms with van der Waals surface area (Å²) in [5.41, 5.74) is -0.561. The molecule has 17 heavy (non-hydrogen) atoms. The number of carbonyl (C=O) groups excluding carboxylic acids is 1. The number of amides is 1. The van der Waals surface area contributed by atoms with Crippen LogP contribution < -0.4 is 10.6 Å². The van der Waals surface area contributed by atoms with E-state index in [1.807, 2.05) is 26.0 Å². The lowest BCUT2D eigenvalue weighted by atomic mass is 9.72. The smallest absolute Gasteiger partial charge is 0.207 e. The van der Waals surface area contributed by atoms with Gasteiger partial charge in [0.2, 0.25) is 6.41 Å². The first-order valence-corrected chi connectivity index (χ1v) is 5.99. The Labute approximate surface area is 103 Å². The van der Waals surface area contributed by atoms with E-state index in [9.17, 15) is 10.1 Å². The van der Waals surface area contributed by atoms with Gasteiger partial charge in [-0.15, -0.1) is 0 Å². The maximum atomic E-state index is 10.7. The predicted octanol–water partition coefficient (Wildman–Crippen LogP) is 0.0886. The van der Waals surface area contributed by atoms with Gasteiger partial charge in [0.25, 0.3) is 0 Å². The van der Waals surface area contributed by atoms with Crippen molar-refractivity contribution in [1.82, 2.24) is 15.5 Å². The highest BCUT2D eigenvalue weighted by molar-refractivity contribution is 5.48. The van der Waals surface area contributed by atoms with E-state index >= 15 is 0 Å². The fourth-order valence-corrected chi connectivity index (χ4v) is 2.64. The van der Waals surface area contributed by atoms with Gasteiger partial charge in [-0.2, -0.15) is 5.26 Å². The van der Waals surface area contributed by atoms with Crippen molar-refractivity contribution in [2.45, 2.75) is 36.8 Å². The van der Waals surface area contributed by atoms with Crippen LogP contribution in [0, 0.1) is 11.3 Å². The van der Waals surface area contributed by atoms with Crippen LogP contribution in [0.25, 0.3) is 0 Å². The molecular formula is C12H22N4O. The Kier molecular flexibility index (Phi) is 4.49. The number of nitrogens with one attached hydrogen (secondary N) is 2. The van der Waals surface area contributed by atoms with Gasteiger partial charge >= 0.3 is 0 Å². The van der Waals surface area contributed by atoms with Crippen LogP contribution in [0.1, 0.15) is 25.7 Å². The lowest BCUT2D eigenvalue weighted by Gasteiger charge is -2.45. The van der Waals surface area contributed by atoms with Gasteiger partial charge in [0.05, 0.1) is 11.6 Å². The zero-order chi connectivity index (χ0) is 12.9. The van der Waals surface area contributed by atoms with Crippen LogP contribution in [-0.4, -0.2) is 50.1 Å². The van der Waals surface area contributed by atoms with Crippen LogP contribution in [-0.2, 0) is 4.79 Å². The van der Waals surface area contributed by atoms with Crippen LogP contribution in [0.3, 0.4) is 0 Å². The molecule has 0 bridgehead atoms. The van der Waals surface area contributed by atoms with Crippen molar-refractivity contribution in [3.05, 3.63) is 0 Å². The summed E-state index contributed by atoms with van der Waals surface area (Å²) < 4.78 is 0. The van der Waals surface area contributed by atoms with Gasteiger partial charge in [-0.05, 0) is 46.8 Å². The molecule has 0 aromatic rings. The van der Waals surface area contributed by atoms with Crippen molar-refractivity contribution in [2.75, 3.05) is 27.7 Å². The Balaban J connectivity index is 2.76. The van der Waals surface area contributed by atoms with Crippen molar-refractivity contribution in [1.29, 1.82) is 5.26 Å². The summed E-state index contributed by atoms with van der Waals surface area (Å²) in [5.74, 6) is 0. The summed E-state index contributed by atoms with van der Waals surface area (Å²) >= 11 is 0. The van der Waals surface area contributed by atoms with Crippen LogP contribution in [0.5, 0.6) is 0 Å². The van der Waals surface area contributed by atoms with E-state index < -0.39 is 0 Å². The van der Waals surface area contributed by atoms with Crippen molar-refractivity contribution in [3.63, 3.8) is 0 Å². The van der Waals surface area contributed by atoms with Crippen LogP contribution in [0.2, 0.25) is 0 Å².